The van der Waals surface area contributed by atoms with Crippen molar-refractivity contribution in [3.05, 3.63) is 83.9 Å². The van der Waals surface area contributed by atoms with Crippen LogP contribution in [0.4, 0.5) is 14.5 Å². The molecule has 3 aromatic rings. The summed E-state index contributed by atoms with van der Waals surface area (Å²) >= 11 is 1.09. The molecular formula is C25H23F2NO4S. The Morgan fingerprint density at radius 2 is 1.76 bits per heavy atom. The number of amides is 1. The Morgan fingerprint density at radius 1 is 0.970 bits per heavy atom. The first-order valence-corrected chi connectivity index (χ1v) is 11.3. The summed E-state index contributed by atoms with van der Waals surface area (Å²) in [6.07, 6.45) is 1.96. The Bertz CT molecular complexity index is 1120. The Labute approximate surface area is 195 Å². The number of halogens is 2. The number of carbonyl (C=O) groups is 2. The van der Waals surface area contributed by atoms with E-state index in [1.807, 2.05) is 6.92 Å². The average molecular weight is 472 g/mol. The fourth-order valence-electron chi connectivity index (χ4n) is 2.89. The molecule has 172 valence electrons. The second-order valence-corrected chi connectivity index (χ2v) is 7.92. The van der Waals surface area contributed by atoms with E-state index in [9.17, 15) is 18.4 Å². The van der Waals surface area contributed by atoms with Gasteiger partial charge in [0.2, 0.25) is 0 Å². The van der Waals surface area contributed by atoms with Crippen LogP contribution < -0.4 is 10.1 Å². The summed E-state index contributed by atoms with van der Waals surface area (Å²) in [6.45, 7) is 1.77. The standard InChI is InChI=1S/C25H23F2NO4S/c1-2-3-12-33-32-24(29)16-31-21-9-5-8-20(15-21)28-25(30)22-14-18(10-11-23(22)27)17-6-4-7-19(26)13-17/h4-11,13-15H,2-3,12,16H2,1H3,(H,28,30). The third-order valence-electron chi connectivity index (χ3n) is 4.55. The highest BCUT2D eigenvalue weighted by Gasteiger charge is 2.14. The van der Waals surface area contributed by atoms with Gasteiger partial charge in [0.1, 0.15) is 17.4 Å². The third-order valence-corrected chi connectivity index (χ3v) is 5.31. The van der Waals surface area contributed by atoms with Gasteiger partial charge in [0, 0.05) is 17.5 Å². The van der Waals surface area contributed by atoms with Crippen LogP contribution >= 0.6 is 12.0 Å². The first kappa shape index (κ1) is 24.3. The molecule has 0 fully saturated rings. The van der Waals surface area contributed by atoms with Gasteiger partial charge in [-0.2, -0.15) is 0 Å². The summed E-state index contributed by atoms with van der Waals surface area (Å²) in [5.74, 6) is -1.25. The van der Waals surface area contributed by atoms with E-state index in [2.05, 4.69) is 5.32 Å². The molecule has 3 aromatic carbocycles. The monoisotopic (exact) mass is 471 g/mol. The van der Waals surface area contributed by atoms with Crippen LogP contribution in [0, 0.1) is 11.6 Å². The number of hydrogen-bond donors (Lipinski definition) is 1. The van der Waals surface area contributed by atoms with Gasteiger partial charge in [0.05, 0.1) is 17.6 Å². The largest absolute Gasteiger partial charge is 0.482 e. The minimum absolute atomic E-state index is 0.184. The topological polar surface area (TPSA) is 64.6 Å². The van der Waals surface area contributed by atoms with Crippen LogP contribution in [-0.4, -0.2) is 24.2 Å². The zero-order chi connectivity index (χ0) is 23.6. The lowest BCUT2D eigenvalue weighted by Crippen LogP contribution is -2.15. The maximum Gasteiger partial charge on any atom is 0.356 e. The molecule has 5 nitrogen and oxygen atoms in total. The first-order chi connectivity index (χ1) is 16.0. The second-order valence-electron chi connectivity index (χ2n) is 7.11. The quantitative estimate of drug-likeness (QED) is 0.280. The number of rotatable bonds is 10. The van der Waals surface area contributed by atoms with Crippen molar-refractivity contribution in [3.63, 3.8) is 0 Å². The van der Waals surface area contributed by atoms with E-state index in [0.29, 0.717) is 22.6 Å². The minimum atomic E-state index is -0.705. The number of anilines is 1. The molecule has 0 heterocycles. The highest BCUT2D eigenvalue weighted by atomic mass is 32.2. The number of hydrogen-bond acceptors (Lipinski definition) is 5. The summed E-state index contributed by atoms with van der Waals surface area (Å²) in [5, 5.41) is 2.61. The predicted molar refractivity (Wildman–Crippen MR) is 125 cm³/mol. The highest BCUT2D eigenvalue weighted by Crippen LogP contribution is 2.24. The third kappa shape index (κ3) is 7.32. The lowest BCUT2D eigenvalue weighted by molar-refractivity contribution is -0.135. The fourth-order valence-corrected chi connectivity index (χ4v) is 3.56. The number of nitrogens with one attached hydrogen (secondary N) is 1. The normalized spacial score (nSPS) is 10.5. The molecule has 0 spiro atoms. The molecule has 0 aliphatic rings. The maximum atomic E-state index is 14.3. The number of unbranched alkanes of at least 4 members (excludes halogenated alkanes) is 1. The summed E-state index contributed by atoms with van der Waals surface area (Å²) in [5.41, 5.74) is 1.21. The molecule has 0 unspecified atom stereocenters. The van der Waals surface area contributed by atoms with Gasteiger partial charge >= 0.3 is 5.97 Å². The van der Waals surface area contributed by atoms with Gasteiger partial charge < -0.3 is 14.2 Å². The Morgan fingerprint density at radius 3 is 2.55 bits per heavy atom. The van der Waals surface area contributed by atoms with Crippen molar-refractivity contribution >= 4 is 29.6 Å². The van der Waals surface area contributed by atoms with E-state index >= 15 is 0 Å². The molecule has 1 amide bonds. The summed E-state index contributed by atoms with van der Waals surface area (Å²) < 4.78 is 38.3. The SMILES string of the molecule is CCCCSOC(=O)COc1cccc(NC(=O)c2cc(-c3cccc(F)c3)ccc2F)c1. The van der Waals surface area contributed by atoms with Gasteiger partial charge in [-0.25, -0.2) is 13.6 Å². The van der Waals surface area contributed by atoms with Gasteiger partial charge in [0.25, 0.3) is 5.91 Å². The van der Waals surface area contributed by atoms with Crippen molar-refractivity contribution in [3.8, 4) is 16.9 Å². The lowest BCUT2D eigenvalue weighted by Gasteiger charge is -2.10. The Balaban J connectivity index is 1.64. The number of benzene rings is 3. The molecule has 3 rings (SSSR count). The molecular weight excluding hydrogens is 448 g/mol. The van der Waals surface area contributed by atoms with E-state index in [0.717, 1.165) is 30.6 Å². The van der Waals surface area contributed by atoms with E-state index < -0.39 is 23.5 Å². The van der Waals surface area contributed by atoms with Crippen molar-refractivity contribution in [2.75, 3.05) is 17.7 Å². The van der Waals surface area contributed by atoms with Crippen molar-refractivity contribution < 1.29 is 27.3 Å². The summed E-state index contributed by atoms with van der Waals surface area (Å²) in [6, 6.07) is 16.2. The number of ether oxygens (including phenoxy) is 1. The average Bonchev–Trinajstić information content (AvgIpc) is 2.81. The molecule has 0 aliphatic heterocycles. The zero-order valence-corrected chi connectivity index (χ0v) is 18.8. The van der Waals surface area contributed by atoms with Crippen molar-refractivity contribution in [2.24, 2.45) is 0 Å². The van der Waals surface area contributed by atoms with Gasteiger partial charge in [-0.3, -0.25) is 4.79 Å². The molecule has 0 radical (unpaired) electrons. The van der Waals surface area contributed by atoms with E-state index in [-0.39, 0.29) is 12.2 Å². The molecule has 33 heavy (non-hydrogen) atoms. The Kier molecular flexibility index (Phi) is 8.83. The molecule has 0 aliphatic carbocycles. The van der Waals surface area contributed by atoms with Crippen LogP contribution in [-0.2, 0) is 8.98 Å². The van der Waals surface area contributed by atoms with Crippen molar-refractivity contribution in [1.29, 1.82) is 0 Å². The van der Waals surface area contributed by atoms with Crippen molar-refractivity contribution in [1.82, 2.24) is 0 Å². The molecule has 0 aromatic heterocycles. The van der Waals surface area contributed by atoms with Gasteiger partial charge in [-0.15, -0.1) is 0 Å². The number of carbonyl (C=O) groups excluding carboxylic acids is 2. The predicted octanol–water partition coefficient (Wildman–Crippen LogP) is 6.25. The van der Waals surface area contributed by atoms with E-state index in [1.165, 1.54) is 36.4 Å². The van der Waals surface area contributed by atoms with Crippen LogP contribution in [0.5, 0.6) is 5.75 Å². The zero-order valence-electron chi connectivity index (χ0n) is 18.0. The molecule has 1 N–H and O–H groups in total. The van der Waals surface area contributed by atoms with Gasteiger partial charge in [0.15, 0.2) is 6.61 Å². The van der Waals surface area contributed by atoms with Gasteiger partial charge in [-0.1, -0.05) is 37.6 Å². The lowest BCUT2D eigenvalue weighted by atomic mass is 10.0. The van der Waals surface area contributed by atoms with Crippen molar-refractivity contribution in [2.45, 2.75) is 19.8 Å². The Hall–Kier alpha value is -3.39. The van der Waals surface area contributed by atoms with Crippen LogP contribution in [0.1, 0.15) is 30.1 Å². The van der Waals surface area contributed by atoms with E-state index in [1.54, 1.807) is 30.3 Å². The van der Waals surface area contributed by atoms with Gasteiger partial charge in [-0.05, 0) is 53.9 Å². The van der Waals surface area contributed by atoms with Crippen LogP contribution in [0.15, 0.2) is 66.7 Å². The molecule has 0 bridgehead atoms. The summed E-state index contributed by atoms with van der Waals surface area (Å²) in [4.78, 5) is 24.4. The minimum Gasteiger partial charge on any atom is -0.482 e. The fraction of sp³-hybridized carbons (Fsp3) is 0.200. The molecule has 8 heteroatoms. The molecule has 0 saturated carbocycles. The van der Waals surface area contributed by atoms with Crippen LogP contribution in [0.25, 0.3) is 11.1 Å². The van der Waals surface area contributed by atoms with Crippen LogP contribution in [0.2, 0.25) is 0 Å². The highest BCUT2D eigenvalue weighted by molar-refractivity contribution is 7.95. The smallest absolute Gasteiger partial charge is 0.356 e. The summed E-state index contributed by atoms with van der Waals surface area (Å²) in [7, 11) is 0. The molecule has 0 atom stereocenters. The van der Waals surface area contributed by atoms with E-state index in [4.69, 9.17) is 8.92 Å². The second kappa shape index (κ2) is 12.0. The van der Waals surface area contributed by atoms with Crippen LogP contribution in [0.3, 0.4) is 0 Å². The maximum absolute atomic E-state index is 14.3. The molecule has 0 saturated heterocycles. The first-order valence-electron chi connectivity index (χ1n) is 10.4.